The highest BCUT2D eigenvalue weighted by Gasteiger charge is 2.26. The number of amides is 2. The summed E-state index contributed by atoms with van der Waals surface area (Å²) in [6.07, 6.45) is 4.43. The van der Waals surface area contributed by atoms with Gasteiger partial charge in [-0.2, -0.15) is 0 Å². The van der Waals surface area contributed by atoms with Crippen molar-refractivity contribution in [2.45, 2.75) is 38.8 Å². The molecule has 0 bridgehead atoms. The van der Waals surface area contributed by atoms with Crippen LogP contribution in [-0.2, 0) is 16.1 Å². The Kier molecular flexibility index (Phi) is 7.06. The molecule has 6 nitrogen and oxygen atoms in total. The lowest BCUT2D eigenvalue weighted by Gasteiger charge is -2.28. The Labute approximate surface area is 163 Å². The molecule has 0 aromatic carbocycles. The summed E-state index contributed by atoms with van der Waals surface area (Å²) in [6, 6.07) is 7.32. The highest BCUT2D eigenvalue weighted by atomic mass is 32.1. The van der Waals surface area contributed by atoms with Gasteiger partial charge in [0.15, 0.2) is 0 Å². The topological polar surface area (TPSA) is 63.0 Å². The fraction of sp³-hybridized carbons (Fsp3) is 0.500. The molecule has 3 heterocycles. The first kappa shape index (κ1) is 19.6. The molecule has 7 heteroatoms. The fourth-order valence-corrected chi connectivity index (χ4v) is 3.91. The average molecular weight is 391 g/mol. The van der Waals surface area contributed by atoms with Gasteiger partial charge in [0.25, 0.3) is 5.91 Å². The van der Waals surface area contributed by atoms with Crippen LogP contribution in [0.3, 0.4) is 0 Å². The molecule has 0 N–H and O–H groups in total. The minimum atomic E-state index is -0.0877. The largest absolute Gasteiger partial charge is 0.467 e. The van der Waals surface area contributed by atoms with Crippen molar-refractivity contribution >= 4 is 23.2 Å². The maximum Gasteiger partial charge on any atom is 0.264 e. The quantitative estimate of drug-likeness (QED) is 0.658. The van der Waals surface area contributed by atoms with Crippen LogP contribution >= 0.6 is 11.3 Å². The minimum absolute atomic E-state index is 0.0523. The zero-order valence-corrected chi connectivity index (χ0v) is 16.5. The smallest absolute Gasteiger partial charge is 0.264 e. The number of furan rings is 1. The Morgan fingerprint density at radius 1 is 1.26 bits per heavy atom. The Morgan fingerprint density at radius 3 is 2.78 bits per heavy atom. The van der Waals surface area contributed by atoms with Crippen molar-refractivity contribution in [3.63, 3.8) is 0 Å². The summed E-state index contributed by atoms with van der Waals surface area (Å²) < 4.78 is 11.1. The van der Waals surface area contributed by atoms with E-state index in [1.165, 1.54) is 11.3 Å². The van der Waals surface area contributed by atoms with Crippen LogP contribution in [0.1, 0.15) is 41.6 Å². The lowest BCUT2D eigenvalue weighted by molar-refractivity contribution is -0.134. The summed E-state index contributed by atoms with van der Waals surface area (Å²) in [4.78, 5) is 29.8. The van der Waals surface area contributed by atoms with Crippen LogP contribution in [0.2, 0.25) is 0 Å². The average Bonchev–Trinajstić information content (AvgIpc) is 3.42. The number of thiophene rings is 1. The summed E-state index contributed by atoms with van der Waals surface area (Å²) in [5, 5.41) is 1.87. The Bertz CT molecular complexity index is 708. The highest BCUT2D eigenvalue weighted by molar-refractivity contribution is 7.12. The molecule has 27 heavy (non-hydrogen) atoms. The molecule has 1 aliphatic heterocycles. The second-order valence-electron chi connectivity index (χ2n) is 6.69. The Balaban J connectivity index is 1.69. The molecular formula is C20H26N2O4S. The van der Waals surface area contributed by atoms with E-state index in [0.717, 1.165) is 31.6 Å². The first-order chi connectivity index (χ1) is 13.2. The van der Waals surface area contributed by atoms with E-state index in [1.807, 2.05) is 30.5 Å². The Morgan fingerprint density at radius 2 is 2.15 bits per heavy atom. The number of hydrogen-bond acceptors (Lipinski definition) is 5. The van der Waals surface area contributed by atoms with Crippen LogP contribution in [0.5, 0.6) is 0 Å². The number of ether oxygens (including phenoxy) is 1. The van der Waals surface area contributed by atoms with Crippen LogP contribution in [0, 0.1) is 0 Å². The fourth-order valence-electron chi connectivity index (χ4n) is 3.22. The first-order valence-corrected chi connectivity index (χ1v) is 10.3. The zero-order chi connectivity index (χ0) is 19.1. The molecule has 0 radical (unpaired) electrons. The van der Waals surface area contributed by atoms with Gasteiger partial charge < -0.3 is 19.0 Å². The van der Waals surface area contributed by atoms with Crippen molar-refractivity contribution in [3.05, 3.63) is 46.5 Å². The van der Waals surface area contributed by atoms with Gasteiger partial charge in [0.1, 0.15) is 12.3 Å². The van der Waals surface area contributed by atoms with Crippen LogP contribution in [-0.4, -0.2) is 54.0 Å². The van der Waals surface area contributed by atoms with Crippen molar-refractivity contribution < 1.29 is 18.7 Å². The molecule has 1 aliphatic rings. The predicted octanol–water partition coefficient (Wildman–Crippen LogP) is 3.40. The van der Waals surface area contributed by atoms with Crippen molar-refractivity contribution in [2.75, 3.05) is 26.2 Å². The van der Waals surface area contributed by atoms with Gasteiger partial charge in [0, 0.05) is 19.7 Å². The van der Waals surface area contributed by atoms with E-state index in [9.17, 15) is 9.59 Å². The van der Waals surface area contributed by atoms with Gasteiger partial charge in [-0.1, -0.05) is 13.0 Å². The van der Waals surface area contributed by atoms with E-state index in [0.29, 0.717) is 24.5 Å². The maximum atomic E-state index is 13.1. The molecule has 1 fully saturated rings. The summed E-state index contributed by atoms with van der Waals surface area (Å²) in [5.41, 5.74) is 0. The van der Waals surface area contributed by atoms with Crippen molar-refractivity contribution in [1.82, 2.24) is 9.80 Å². The van der Waals surface area contributed by atoms with E-state index in [4.69, 9.17) is 9.15 Å². The number of rotatable bonds is 9. The summed E-state index contributed by atoms with van der Waals surface area (Å²) in [7, 11) is 0. The van der Waals surface area contributed by atoms with E-state index in [1.54, 1.807) is 22.1 Å². The number of hydrogen-bond donors (Lipinski definition) is 0. The summed E-state index contributed by atoms with van der Waals surface area (Å²) in [6.45, 7) is 4.28. The lowest BCUT2D eigenvalue weighted by atomic mass is 10.2. The summed E-state index contributed by atoms with van der Waals surface area (Å²) >= 11 is 1.40. The summed E-state index contributed by atoms with van der Waals surface area (Å²) in [5.74, 6) is 0.559. The van der Waals surface area contributed by atoms with Gasteiger partial charge in [0.05, 0.1) is 23.8 Å². The molecule has 0 aliphatic carbocycles. The van der Waals surface area contributed by atoms with Gasteiger partial charge in [-0.15, -0.1) is 11.3 Å². The third-order valence-corrected chi connectivity index (χ3v) is 5.42. The maximum absolute atomic E-state index is 13.1. The number of carbonyl (C=O) groups is 2. The molecule has 1 atom stereocenters. The SMILES string of the molecule is CCCN(CC(=O)N(Cc1ccco1)C[C@H]1CCCO1)C(=O)c1cccs1. The van der Waals surface area contributed by atoms with Crippen molar-refractivity contribution in [3.8, 4) is 0 Å². The van der Waals surface area contributed by atoms with Gasteiger partial charge >= 0.3 is 0 Å². The van der Waals surface area contributed by atoms with E-state index < -0.39 is 0 Å². The monoisotopic (exact) mass is 390 g/mol. The second-order valence-corrected chi connectivity index (χ2v) is 7.64. The lowest BCUT2D eigenvalue weighted by Crippen LogP contribution is -2.45. The second kappa shape index (κ2) is 9.71. The molecule has 2 amide bonds. The number of nitrogens with zero attached hydrogens (tertiary/aromatic N) is 2. The minimum Gasteiger partial charge on any atom is -0.467 e. The van der Waals surface area contributed by atoms with Crippen LogP contribution in [0.25, 0.3) is 0 Å². The van der Waals surface area contributed by atoms with Gasteiger partial charge in [0.2, 0.25) is 5.91 Å². The van der Waals surface area contributed by atoms with Crippen LogP contribution < -0.4 is 0 Å². The molecule has 2 aromatic rings. The molecular weight excluding hydrogens is 364 g/mol. The normalized spacial score (nSPS) is 16.4. The first-order valence-electron chi connectivity index (χ1n) is 9.42. The third kappa shape index (κ3) is 5.43. The molecule has 0 saturated carbocycles. The third-order valence-electron chi connectivity index (χ3n) is 4.57. The van der Waals surface area contributed by atoms with Gasteiger partial charge in [-0.25, -0.2) is 0 Å². The van der Waals surface area contributed by atoms with Crippen molar-refractivity contribution in [2.24, 2.45) is 0 Å². The van der Waals surface area contributed by atoms with Crippen LogP contribution in [0.15, 0.2) is 40.3 Å². The Hall–Kier alpha value is -2.12. The van der Waals surface area contributed by atoms with Crippen molar-refractivity contribution in [1.29, 1.82) is 0 Å². The van der Waals surface area contributed by atoms with E-state index in [2.05, 4.69) is 0 Å². The molecule has 146 valence electrons. The van der Waals surface area contributed by atoms with E-state index >= 15 is 0 Å². The van der Waals surface area contributed by atoms with Gasteiger partial charge in [-0.3, -0.25) is 9.59 Å². The predicted molar refractivity (Wildman–Crippen MR) is 104 cm³/mol. The van der Waals surface area contributed by atoms with E-state index in [-0.39, 0.29) is 24.5 Å². The molecule has 3 rings (SSSR count). The molecule has 1 saturated heterocycles. The number of carbonyl (C=O) groups excluding carboxylic acids is 2. The zero-order valence-electron chi connectivity index (χ0n) is 15.6. The molecule has 2 aromatic heterocycles. The highest BCUT2D eigenvalue weighted by Crippen LogP contribution is 2.17. The standard InChI is InChI=1S/C20H26N2O4S/c1-2-9-21(20(24)18-8-5-12-27-18)15-19(23)22(13-16-6-3-10-25-16)14-17-7-4-11-26-17/h3,5-6,8,10,12,17H,2,4,7,9,11,13-15H2,1H3/t17-/m1/s1. The van der Waals surface area contributed by atoms with Crippen LogP contribution in [0.4, 0.5) is 0 Å². The molecule has 0 unspecified atom stereocenters. The van der Waals surface area contributed by atoms with Gasteiger partial charge in [-0.05, 0) is 42.8 Å². The molecule has 0 spiro atoms.